The van der Waals surface area contributed by atoms with Gasteiger partial charge in [0.25, 0.3) is 0 Å². The van der Waals surface area contributed by atoms with E-state index in [0.717, 1.165) is 18.4 Å². The van der Waals surface area contributed by atoms with Gasteiger partial charge < -0.3 is 20.5 Å². The number of hydrogen-bond acceptors (Lipinski definition) is 4. The van der Waals surface area contributed by atoms with Crippen LogP contribution in [0.2, 0.25) is 0 Å². The molecule has 1 aromatic carbocycles. The van der Waals surface area contributed by atoms with E-state index in [2.05, 4.69) is 51.2 Å². The lowest BCUT2D eigenvalue weighted by Gasteiger charge is -2.37. The van der Waals surface area contributed by atoms with Crippen LogP contribution in [0.5, 0.6) is 5.75 Å². The van der Waals surface area contributed by atoms with Gasteiger partial charge in [-0.15, -0.1) is 0 Å². The molecule has 4 N–H and O–H groups in total. The monoisotopic (exact) mass is 410 g/mol. The number of phenolic OH excluding ortho intramolecular Hbond substituents is 1. The van der Waals surface area contributed by atoms with Gasteiger partial charge in [-0.3, -0.25) is 4.79 Å². The highest BCUT2D eigenvalue weighted by molar-refractivity contribution is 5.87. The molecule has 0 spiro atoms. The summed E-state index contributed by atoms with van der Waals surface area (Å²) in [5.41, 5.74) is 1.65. The molecule has 2 aromatic rings. The van der Waals surface area contributed by atoms with Crippen LogP contribution >= 0.6 is 0 Å². The van der Waals surface area contributed by atoms with Crippen molar-refractivity contribution in [2.24, 2.45) is 5.41 Å². The molecular weight excluding hydrogens is 376 g/mol. The fourth-order valence-corrected chi connectivity index (χ4v) is 4.26. The number of aliphatic hydroxyl groups is 1. The molecule has 0 fully saturated rings. The average molecular weight is 411 g/mol. The summed E-state index contributed by atoms with van der Waals surface area (Å²) in [4.78, 5) is 14.2. The Kier molecular flexibility index (Phi) is 7.45. The number of pyridine rings is 1. The number of hydrogen-bond donors (Lipinski definition) is 4. The van der Waals surface area contributed by atoms with Crippen LogP contribution < -0.4 is 10.9 Å². The summed E-state index contributed by atoms with van der Waals surface area (Å²) in [6.07, 6.45) is 6.62. The Morgan fingerprint density at radius 2 is 1.90 bits per heavy atom. The summed E-state index contributed by atoms with van der Waals surface area (Å²) in [5, 5.41) is 25.0. The Bertz CT molecular complexity index is 999. The zero-order valence-corrected chi connectivity index (χ0v) is 18.5. The molecule has 0 unspecified atom stereocenters. The average Bonchev–Trinajstić information content (AvgIpc) is 2.65. The topological polar surface area (TPSA) is 85.3 Å². The Balaban J connectivity index is 2.12. The van der Waals surface area contributed by atoms with Crippen molar-refractivity contribution in [2.45, 2.75) is 52.2 Å². The molecule has 5 heteroatoms. The van der Waals surface area contributed by atoms with Crippen molar-refractivity contribution >= 4 is 10.9 Å². The SMILES string of the molecule is C=C/C=C(\C=C)CC(C)(C)CC(C)(C)NC[C@H](O)c1ccc(O)c2[nH]c(=O)ccc12. The predicted molar refractivity (Wildman–Crippen MR) is 125 cm³/mol. The first-order chi connectivity index (χ1) is 14.0. The number of allylic oxidation sites excluding steroid dienone is 4. The third-order valence-electron chi connectivity index (χ3n) is 5.24. The molecule has 0 aliphatic heterocycles. The van der Waals surface area contributed by atoms with Crippen molar-refractivity contribution in [2.75, 3.05) is 6.54 Å². The van der Waals surface area contributed by atoms with Crippen molar-refractivity contribution in [1.82, 2.24) is 10.3 Å². The summed E-state index contributed by atoms with van der Waals surface area (Å²) >= 11 is 0. The van der Waals surface area contributed by atoms with Gasteiger partial charge in [0, 0.05) is 23.5 Å². The van der Waals surface area contributed by atoms with Crippen molar-refractivity contribution in [3.8, 4) is 5.75 Å². The maximum atomic E-state index is 11.6. The number of aromatic amines is 1. The maximum Gasteiger partial charge on any atom is 0.248 e. The molecule has 0 saturated heterocycles. The quantitative estimate of drug-likeness (QED) is 0.426. The molecule has 1 atom stereocenters. The Morgan fingerprint density at radius 3 is 2.53 bits per heavy atom. The zero-order valence-electron chi connectivity index (χ0n) is 18.5. The molecule has 0 aliphatic carbocycles. The first kappa shape index (κ1) is 23.6. The van der Waals surface area contributed by atoms with Crippen LogP contribution in [0, 0.1) is 5.41 Å². The van der Waals surface area contributed by atoms with Gasteiger partial charge in [0.05, 0.1) is 11.6 Å². The highest BCUT2D eigenvalue weighted by Crippen LogP contribution is 2.35. The normalized spacial score (nSPS) is 14.0. The second-order valence-electron chi connectivity index (χ2n) is 9.26. The molecule has 0 radical (unpaired) electrons. The second-order valence-corrected chi connectivity index (χ2v) is 9.26. The number of aliphatic hydroxyl groups excluding tert-OH is 1. The number of benzene rings is 1. The van der Waals surface area contributed by atoms with Crippen LogP contribution in [0.1, 0.15) is 52.2 Å². The largest absolute Gasteiger partial charge is 0.506 e. The molecule has 30 heavy (non-hydrogen) atoms. The number of nitrogens with one attached hydrogen (secondary N) is 2. The fourth-order valence-electron chi connectivity index (χ4n) is 4.26. The van der Waals surface area contributed by atoms with E-state index in [0.29, 0.717) is 23.0 Å². The number of phenols is 1. The van der Waals surface area contributed by atoms with Gasteiger partial charge in [0.2, 0.25) is 5.56 Å². The van der Waals surface area contributed by atoms with Crippen LogP contribution in [0.15, 0.2) is 66.0 Å². The number of H-pyrrole nitrogens is 1. The summed E-state index contributed by atoms with van der Waals surface area (Å²) in [7, 11) is 0. The smallest absolute Gasteiger partial charge is 0.248 e. The third kappa shape index (κ3) is 6.18. The van der Waals surface area contributed by atoms with Gasteiger partial charge in [-0.2, -0.15) is 0 Å². The van der Waals surface area contributed by atoms with Gasteiger partial charge in [-0.1, -0.05) is 51.3 Å². The maximum absolute atomic E-state index is 11.6. The van der Waals surface area contributed by atoms with Gasteiger partial charge in [0.15, 0.2) is 0 Å². The van der Waals surface area contributed by atoms with Gasteiger partial charge in [0.1, 0.15) is 5.75 Å². The van der Waals surface area contributed by atoms with Crippen LogP contribution in [0.25, 0.3) is 10.9 Å². The van der Waals surface area contributed by atoms with E-state index in [-0.39, 0.29) is 22.3 Å². The minimum atomic E-state index is -0.786. The summed E-state index contributed by atoms with van der Waals surface area (Å²) in [6, 6.07) is 6.21. The number of rotatable bonds is 10. The van der Waals surface area contributed by atoms with Crippen LogP contribution in [-0.4, -0.2) is 27.3 Å². The first-order valence-corrected chi connectivity index (χ1v) is 10.2. The number of β-amino-alcohol motifs (C(OH)–C–C–N with tert-alkyl or cyclic N) is 1. The van der Waals surface area contributed by atoms with Gasteiger partial charge >= 0.3 is 0 Å². The van der Waals surface area contributed by atoms with Gasteiger partial charge in [-0.25, -0.2) is 0 Å². The Hall–Kier alpha value is -2.63. The minimum Gasteiger partial charge on any atom is -0.506 e. The predicted octanol–water partition coefficient (Wildman–Crippen LogP) is 4.74. The lowest BCUT2D eigenvalue weighted by atomic mass is 9.75. The molecule has 0 aliphatic rings. The van der Waals surface area contributed by atoms with E-state index in [4.69, 9.17) is 0 Å². The Labute approximate surface area is 178 Å². The highest BCUT2D eigenvalue weighted by Gasteiger charge is 2.29. The van der Waals surface area contributed by atoms with E-state index in [1.165, 1.54) is 12.1 Å². The van der Waals surface area contributed by atoms with Crippen molar-refractivity contribution in [3.63, 3.8) is 0 Å². The molecule has 5 nitrogen and oxygen atoms in total. The molecular formula is C25H34N2O3. The van der Waals surface area contributed by atoms with E-state index < -0.39 is 6.10 Å². The molecule has 1 aromatic heterocycles. The van der Waals surface area contributed by atoms with Crippen LogP contribution in [0.4, 0.5) is 0 Å². The molecule has 2 rings (SSSR count). The molecule has 0 saturated carbocycles. The third-order valence-corrected chi connectivity index (χ3v) is 5.24. The number of aromatic nitrogens is 1. The van der Waals surface area contributed by atoms with Crippen LogP contribution in [-0.2, 0) is 0 Å². The highest BCUT2D eigenvalue weighted by atomic mass is 16.3. The zero-order chi connectivity index (χ0) is 22.5. The molecule has 0 bridgehead atoms. The summed E-state index contributed by atoms with van der Waals surface area (Å²) in [5.74, 6) is -0.0145. The second kappa shape index (κ2) is 9.45. The van der Waals surface area contributed by atoms with E-state index in [1.54, 1.807) is 18.2 Å². The van der Waals surface area contributed by atoms with Crippen molar-refractivity contribution in [1.29, 1.82) is 0 Å². The fraction of sp³-hybridized carbons (Fsp3) is 0.400. The summed E-state index contributed by atoms with van der Waals surface area (Å²) < 4.78 is 0. The number of fused-ring (bicyclic) bond motifs is 1. The van der Waals surface area contributed by atoms with E-state index >= 15 is 0 Å². The van der Waals surface area contributed by atoms with E-state index in [9.17, 15) is 15.0 Å². The minimum absolute atomic E-state index is 0.0145. The lowest BCUT2D eigenvalue weighted by molar-refractivity contribution is 0.146. The van der Waals surface area contributed by atoms with Crippen molar-refractivity contribution in [3.05, 3.63) is 77.1 Å². The molecule has 1 heterocycles. The standard InChI is InChI=1S/C25H34N2O3/c1-7-9-17(8-2)14-24(3,4)16-25(5,6)26-15-21(29)18-10-12-20(28)23-19(18)11-13-22(30)27-23/h7-13,21,26,28-29H,1-2,14-16H2,3-6H3,(H,27,30)/b17-9+/t21-/m0/s1. The lowest BCUT2D eigenvalue weighted by Crippen LogP contribution is -2.44. The van der Waals surface area contributed by atoms with Crippen LogP contribution in [0.3, 0.4) is 0 Å². The molecule has 0 amide bonds. The van der Waals surface area contributed by atoms with Crippen molar-refractivity contribution < 1.29 is 10.2 Å². The Morgan fingerprint density at radius 1 is 1.20 bits per heavy atom. The number of aromatic hydroxyl groups is 1. The van der Waals surface area contributed by atoms with E-state index in [1.807, 2.05) is 12.2 Å². The molecule has 162 valence electrons. The summed E-state index contributed by atoms with van der Waals surface area (Å²) in [6.45, 7) is 16.7. The first-order valence-electron chi connectivity index (χ1n) is 10.2. The van der Waals surface area contributed by atoms with Gasteiger partial charge in [-0.05, 0) is 55.4 Å².